The number of fused-ring (bicyclic) bond motifs is 1. The van der Waals surface area contributed by atoms with E-state index in [0.717, 1.165) is 25.7 Å². The Hall–Kier alpha value is -2.57. The van der Waals surface area contributed by atoms with Crippen molar-refractivity contribution in [1.82, 2.24) is 4.57 Å². The van der Waals surface area contributed by atoms with E-state index < -0.39 is 5.82 Å². The minimum Gasteiger partial charge on any atom is -0.488 e. The molecule has 170 valence electrons. The van der Waals surface area contributed by atoms with E-state index >= 15 is 0 Å². The second-order valence-electron chi connectivity index (χ2n) is 8.41. The Balaban J connectivity index is 1.85. The van der Waals surface area contributed by atoms with Crippen molar-refractivity contribution in [3.63, 3.8) is 0 Å². The predicted molar refractivity (Wildman–Crippen MR) is 120 cm³/mol. The normalized spacial score (nSPS) is 14.7. The quantitative estimate of drug-likeness (QED) is 0.436. The Labute approximate surface area is 182 Å². The Morgan fingerprint density at radius 3 is 2.68 bits per heavy atom. The number of pyridine rings is 1. The van der Waals surface area contributed by atoms with Crippen LogP contribution in [0.1, 0.15) is 71.8 Å². The van der Waals surface area contributed by atoms with Crippen molar-refractivity contribution in [2.75, 3.05) is 18.5 Å². The highest BCUT2D eigenvalue weighted by atomic mass is 19.1. The summed E-state index contributed by atoms with van der Waals surface area (Å²) in [5.74, 6) is -0.549. The number of aromatic nitrogens is 1. The lowest BCUT2D eigenvalue weighted by Gasteiger charge is -2.25. The number of carbonyl (C=O) groups is 1. The van der Waals surface area contributed by atoms with Crippen LogP contribution in [0.5, 0.6) is 5.75 Å². The van der Waals surface area contributed by atoms with Crippen LogP contribution in [0.2, 0.25) is 0 Å². The summed E-state index contributed by atoms with van der Waals surface area (Å²) >= 11 is 0. The van der Waals surface area contributed by atoms with Crippen LogP contribution < -0.4 is 15.5 Å². The van der Waals surface area contributed by atoms with Gasteiger partial charge in [-0.2, -0.15) is 0 Å². The molecule has 1 aromatic carbocycles. The second kappa shape index (κ2) is 10.6. The summed E-state index contributed by atoms with van der Waals surface area (Å²) in [6, 6.07) is 3.37. The van der Waals surface area contributed by atoms with Crippen LogP contribution in [-0.4, -0.2) is 29.8 Å². The SMILES string of the molecule is CCOC(=O)CCCOc1cn(C(C)C)c2cc(NC3CCCCC3)c(F)cc2c1=O. The fourth-order valence-corrected chi connectivity index (χ4v) is 4.08. The van der Waals surface area contributed by atoms with Gasteiger partial charge in [-0.3, -0.25) is 9.59 Å². The van der Waals surface area contributed by atoms with Crippen LogP contribution in [-0.2, 0) is 9.53 Å². The smallest absolute Gasteiger partial charge is 0.305 e. The zero-order valence-electron chi connectivity index (χ0n) is 18.7. The van der Waals surface area contributed by atoms with E-state index in [0.29, 0.717) is 29.6 Å². The molecule has 1 N–H and O–H groups in total. The fraction of sp³-hybridized carbons (Fsp3) is 0.583. The van der Waals surface area contributed by atoms with E-state index in [1.54, 1.807) is 19.2 Å². The highest BCUT2D eigenvalue weighted by Gasteiger charge is 2.19. The first-order chi connectivity index (χ1) is 14.9. The van der Waals surface area contributed by atoms with E-state index in [2.05, 4.69) is 5.32 Å². The average molecular weight is 433 g/mol. The topological polar surface area (TPSA) is 69.6 Å². The predicted octanol–water partition coefficient (Wildman–Crippen LogP) is 5.19. The molecule has 0 unspecified atom stereocenters. The first kappa shape index (κ1) is 23.1. The number of carbonyl (C=O) groups excluding carboxylic acids is 1. The molecule has 0 bridgehead atoms. The van der Waals surface area contributed by atoms with E-state index in [1.807, 2.05) is 18.4 Å². The number of nitrogens with zero attached hydrogens (tertiary/aromatic N) is 1. The zero-order valence-corrected chi connectivity index (χ0v) is 18.7. The molecule has 7 heteroatoms. The van der Waals surface area contributed by atoms with Crippen LogP contribution >= 0.6 is 0 Å². The number of nitrogens with one attached hydrogen (secondary N) is 1. The van der Waals surface area contributed by atoms with Crippen molar-refractivity contribution >= 4 is 22.6 Å². The maximum absolute atomic E-state index is 14.9. The number of anilines is 1. The molecule has 1 heterocycles. The third kappa shape index (κ3) is 5.77. The molecule has 6 nitrogen and oxygen atoms in total. The lowest BCUT2D eigenvalue weighted by atomic mass is 9.95. The summed E-state index contributed by atoms with van der Waals surface area (Å²) < 4.78 is 27.4. The molecule has 3 rings (SSSR count). The number of benzene rings is 1. The maximum atomic E-state index is 14.9. The number of ether oxygens (including phenoxy) is 2. The number of rotatable bonds is 9. The summed E-state index contributed by atoms with van der Waals surface area (Å²) in [6.07, 6.45) is 7.96. The Bertz CT molecular complexity index is 964. The lowest BCUT2D eigenvalue weighted by molar-refractivity contribution is -0.143. The van der Waals surface area contributed by atoms with Crippen molar-refractivity contribution in [2.24, 2.45) is 0 Å². The molecular formula is C24H33FN2O4. The third-order valence-electron chi connectivity index (χ3n) is 5.70. The molecular weight excluding hydrogens is 399 g/mol. The van der Waals surface area contributed by atoms with Crippen LogP contribution in [0.4, 0.5) is 10.1 Å². The molecule has 0 radical (unpaired) electrons. The molecule has 0 atom stereocenters. The summed E-state index contributed by atoms with van der Waals surface area (Å²) in [7, 11) is 0. The van der Waals surface area contributed by atoms with Gasteiger partial charge in [-0.15, -0.1) is 0 Å². The fourth-order valence-electron chi connectivity index (χ4n) is 4.08. The number of halogens is 1. The first-order valence-electron chi connectivity index (χ1n) is 11.3. The molecule has 0 spiro atoms. The van der Waals surface area contributed by atoms with Gasteiger partial charge in [0.25, 0.3) is 0 Å². The molecule has 1 fully saturated rings. The molecule has 31 heavy (non-hydrogen) atoms. The van der Waals surface area contributed by atoms with Crippen LogP contribution in [0.15, 0.2) is 23.1 Å². The van der Waals surface area contributed by atoms with Gasteiger partial charge in [-0.1, -0.05) is 19.3 Å². The molecule has 1 aliphatic rings. The molecule has 0 amide bonds. The van der Waals surface area contributed by atoms with Crippen molar-refractivity contribution in [3.05, 3.63) is 34.4 Å². The van der Waals surface area contributed by atoms with Gasteiger partial charge >= 0.3 is 5.97 Å². The van der Waals surface area contributed by atoms with Gasteiger partial charge < -0.3 is 19.4 Å². The van der Waals surface area contributed by atoms with Gasteiger partial charge in [0.15, 0.2) is 5.75 Å². The summed E-state index contributed by atoms with van der Waals surface area (Å²) in [5.41, 5.74) is 0.779. The number of hydrogen-bond acceptors (Lipinski definition) is 5. The van der Waals surface area contributed by atoms with Crippen molar-refractivity contribution in [2.45, 2.75) is 77.8 Å². The third-order valence-corrected chi connectivity index (χ3v) is 5.70. The molecule has 0 aliphatic heterocycles. The summed E-state index contributed by atoms with van der Waals surface area (Å²) in [6.45, 7) is 6.32. The summed E-state index contributed by atoms with van der Waals surface area (Å²) in [5, 5.41) is 3.63. The van der Waals surface area contributed by atoms with Crippen molar-refractivity contribution in [3.8, 4) is 5.75 Å². The van der Waals surface area contributed by atoms with Gasteiger partial charge in [0.1, 0.15) is 5.82 Å². The molecule has 1 saturated carbocycles. The average Bonchev–Trinajstić information content (AvgIpc) is 2.74. The maximum Gasteiger partial charge on any atom is 0.305 e. The van der Waals surface area contributed by atoms with E-state index in [9.17, 15) is 14.0 Å². The van der Waals surface area contributed by atoms with Gasteiger partial charge in [0, 0.05) is 18.5 Å². The second-order valence-corrected chi connectivity index (χ2v) is 8.41. The lowest BCUT2D eigenvalue weighted by Crippen LogP contribution is -2.23. The summed E-state index contributed by atoms with van der Waals surface area (Å²) in [4.78, 5) is 24.4. The monoisotopic (exact) mass is 432 g/mol. The minimum absolute atomic E-state index is 0.0537. The molecule has 0 saturated heterocycles. The largest absolute Gasteiger partial charge is 0.488 e. The van der Waals surface area contributed by atoms with Crippen LogP contribution in [0.3, 0.4) is 0 Å². The Morgan fingerprint density at radius 1 is 1.26 bits per heavy atom. The Kier molecular flexibility index (Phi) is 7.93. The van der Waals surface area contributed by atoms with Crippen molar-refractivity contribution < 1.29 is 18.7 Å². The minimum atomic E-state index is -0.426. The van der Waals surface area contributed by atoms with Gasteiger partial charge in [0.2, 0.25) is 5.43 Å². The molecule has 1 aliphatic carbocycles. The van der Waals surface area contributed by atoms with Crippen molar-refractivity contribution in [1.29, 1.82) is 0 Å². The van der Waals surface area contributed by atoms with Gasteiger partial charge in [-0.05, 0) is 52.2 Å². The Morgan fingerprint density at radius 2 is 2.00 bits per heavy atom. The van der Waals surface area contributed by atoms with Crippen LogP contribution in [0.25, 0.3) is 10.9 Å². The first-order valence-corrected chi connectivity index (χ1v) is 11.3. The standard InChI is InChI=1S/C24H33FN2O4/c1-4-30-23(28)11-8-12-31-22-15-27(16(2)3)21-14-20(19(25)13-18(21)24(22)29)26-17-9-6-5-7-10-17/h13-17,26H,4-12H2,1-3H3. The molecule has 1 aromatic heterocycles. The van der Waals surface area contributed by atoms with E-state index in [1.165, 1.54) is 12.5 Å². The number of esters is 1. The zero-order chi connectivity index (χ0) is 22.4. The number of hydrogen-bond donors (Lipinski definition) is 1. The van der Waals surface area contributed by atoms with Gasteiger partial charge in [0.05, 0.1) is 36.0 Å². The molecule has 2 aromatic rings. The van der Waals surface area contributed by atoms with Gasteiger partial charge in [-0.25, -0.2) is 4.39 Å². The van der Waals surface area contributed by atoms with Crippen LogP contribution in [0, 0.1) is 5.82 Å². The highest BCUT2D eigenvalue weighted by Crippen LogP contribution is 2.28. The van der Waals surface area contributed by atoms with E-state index in [4.69, 9.17) is 9.47 Å². The highest BCUT2D eigenvalue weighted by molar-refractivity contribution is 5.84. The van der Waals surface area contributed by atoms with E-state index in [-0.39, 0.29) is 42.3 Å².